The molecule has 0 aliphatic rings. The molecule has 6 nitrogen and oxygen atoms in total. The number of amides is 1. The molecule has 352 valence electrons. The fourth-order valence-corrected chi connectivity index (χ4v) is 7.95. The van der Waals surface area contributed by atoms with Gasteiger partial charge in [0.15, 0.2) is 0 Å². The van der Waals surface area contributed by atoms with E-state index in [1.807, 2.05) is 0 Å². The standard InChI is InChI=1S/C54H101NO5/c1-4-7-10-13-16-19-22-25-28-31-34-37-40-43-46-52(57)51(49-56)55-53(58)48-50(45-42-39-36-33-30-27-24-21-18-15-12-9-6-3)60-54(59)47-44-41-38-35-32-29-26-23-20-17-14-11-8-5-2/h18,21,24,27,29,32,50-52,56-57H,4-17,19-20,22-23,25-26,28,30-31,33-49H2,1-3H3,(H,55,58)/b21-18+,27-24+,32-29-. The molecule has 0 aromatic carbocycles. The highest BCUT2D eigenvalue weighted by Gasteiger charge is 2.24. The molecular weight excluding hydrogens is 743 g/mol. The number of rotatable bonds is 47. The summed E-state index contributed by atoms with van der Waals surface area (Å²) in [5.41, 5.74) is 0. The quantitative estimate of drug-likeness (QED) is 0.0245. The molecule has 0 aliphatic heterocycles. The number of hydrogen-bond donors (Lipinski definition) is 3. The molecule has 3 unspecified atom stereocenters. The number of aliphatic hydroxyl groups is 2. The Labute approximate surface area is 373 Å². The minimum atomic E-state index is -0.793. The molecule has 0 saturated carbocycles. The molecule has 0 spiro atoms. The monoisotopic (exact) mass is 844 g/mol. The van der Waals surface area contributed by atoms with Crippen molar-refractivity contribution in [2.45, 2.75) is 289 Å². The van der Waals surface area contributed by atoms with Gasteiger partial charge in [-0.25, -0.2) is 0 Å². The summed E-state index contributed by atoms with van der Waals surface area (Å²) >= 11 is 0. The Bertz CT molecular complexity index is 993. The molecule has 0 aromatic heterocycles. The van der Waals surface area contributed by atoms with Crippen LogP contribution in [0.25, 0.3) is 0 Å². The van der Waals surface area contributed by atoms with Crippen molar-refractivity contribution in [1.82, 2.24) is 5.32 Å². The third-order valence-electron chi connectivity index (χ3n) is 12.0. The maximum atomic E-state index is 13.2. The molecule has 3 N–H and O–H groups in total. The predicted molar refractivity (Wildman–Crippen MR) is 259 cm³/mol. The van der Waals surface area contributed by atoms with E-state index in [-0.39, 0.29) is 24.9 Å². The Kier molecular flexibility index (Phi) is 46.6. The van der Waals surface area contributed by atoms with Gasteiger partial charge in [-0.05, 0) is 77.0 Å². The summed E-state index contributed by atoms with van der Waals surface area (Å²) in [6.45, 7) is 6.45. The summed E-state index contributed by atoms with van der Waals surface area (Å²) < 4.78 is 5.92. The summed E-state index contributed by atoms with van der Waals surface area (Å²) in [6, 6.07) is -0.709. The predicted octanol–water partition coefficient (Wildman–Crippen LogP) is 15.7. The minimum absolute atomic E-state index is 0.0602. The van der Waals surface area contributed by atoms with Crippen molar-refractivity contribution >= 4 is 11.9 Å². The first-order valence-corrected chi connectivity index (χ1v) is 26.2. The van der Waals surface area contributed by atoms with Gasteiger partial charge in [0.05, 0.1) is 25.2 Å². The second-order valence-electron chi connectivity index (χ2n) is 17.9. The van der Waals surface area contributed by atoms with Gasteiger partial charge in [0.2, 0.25) is 5.91 Å². The molecule has 0 bridgehead atoms. The fraction of sp³-hybridized carbons (Fsp3) is 0.852. The Balaban J connectivity index is 4.59. The zero-order valence-corrected chi connectivity index (χ0v) is 40.1. The van der Waals surface area contributed by atoms with Crippen LogP contribution >= 0.6 is 0 Å². The van der Waals surface area contributed by atoms with Crippen molar-refractivity contribution in [2.75, 3.05) is 6.61 Å². The van der Waals surface area contributed by atoms with Gasteiger partial charge < -0.3 is 20.3 Å². The van der Waals surface area contributed by atoms with Crippen LogP contribution in [0, 0.1) is 0 Å². The minimum Gasteiger partial charge on any atom is -0.462 e. The number of hydrogen-bond acceptors (Lipinski definition) is 5. The third-order valence-corrected chi connectivity index (χ3v) is 12.0. The largest absolute Gasteiger partial charge is 0.462 e. The van der Waals surface area contributed by atoms with Gasteiger partial charge in [-0.15, -0.1) is 0 Å². The average Bonchev–Trinajstić information content (AvgIpc) is 3.24. The van der Waals surface area contributed by atoms with Crippen molar-refractivity contribution in [2.24, 2.45) is 0 Å². The SMILES string of the molecule is CCCCC/C=C/C=C/CCCCCCC(CC(=O)NC(CO)C(O)CCCCCCCCCCCCCCCC)OC(=O)CCCCC/C=C\CCCCCCCCC. The fourth-order valence-electron chi connectivity index (χ4n) is 7.95. The highest BCUT2D eigenvalue weighted by Crippen LogP contribution is 2.18. The highest BCUT2D eigenvalue weighted by atomic mass is 16.5. The molecule has 0 saturated heterocycles. The topological polar surface area (TPSA) is 95.9 Å². The Morgan fingerprint density at radius 2 is 0.850 bits per heavy atom. The van der Waals surface area contributed by atoms with Crippen LogP contribution < -0.4 is 5.32 Å². The number of nitrogens with one attached hydrogen (secondary N) is 1. The van der Waals surface area contributed by atoms with Crippen molar-refractivity contribution in [3.8, 4) is 0 Å². The van der Waals surface area contributed by atoms with Crippen molar-refractivity contribution in [3.05, 3.63) is 36.5 Å². The van der Waals surface area contributed by atoms with Gasteiger partial charge in [-0.2, -0.15) is 0 Å². The van der Waals surface area contributed by atoms with Gasteiger partial charge in [0, 0.05) is 6.42 Å². The Hall–Kier alpha value is -1.92. The molecular formula is C54H101NO5. The zero-order chi connectivity index (χ0) is 43.8. The third kappa shape index (κ3) is 42.8. The van der Waals surface area contributed by atoms with Crippen LogP contribution in [0.1, 0.15) is 271 Å². The van der Waals surface area contributed by atoms with Crippen LogP contribution in [0.5, 0.6) is 0 Å². The lowest BCUT2D eigenvalue weighted by Gasteiger charge is -2.24. The molecule has 6 heteroatoms. The summed E-state index contributed by atoms with van der Waals surface area (Å²) in [5.74, 6) is -0.505. The van der Waals surface area contributed by atoms with Crippen molar-refractivity contribution in [3.63, 3.8) is 0 Å². The van der Waals surface area contributed by atoms with Crippen LogP contribution in [-0.4, -0.2) is 46.9 Å². The normalized spacial score (nSPS) is 13.5. The van der Waals surface area contributed by atoms with E-state index < -0.39 is 18.2 Å². The lowest BCUT2D eigenvalue weighted by atomic mass is 10.0. The zero-order valence-electron chi connectivity index (χ0n) is 40.1. The van der Waals surface area contributed by atoms with E-state index in [0.29, 0.717) is 19.3 Å². The molecule has 60 heavy (non-hydrogen) atoms. The van der Waals surface area contributed by atoms with E-state index in [2.05, 4.69) is 62.5 Å². The average molecular weight is 844 g/mol. The summed E-state index contributed by atoms with van der Waals surface area (Å²) in [4.78, 5) is 26.1. The second-order valence-corrected chi connectivity index (χ2v) is 17.9. The van der Waals surface area contributed by atoms with Crippen LogP contribution in [0.2, 0.25) is 0 Å². The number of allylic oxidation sites excluding steroid dienone is 6. The smallest absolute Gasteiger partial charge is 0.306 e. The summed E-state index contributed by atoms with van der Waals surface area (Å²) in [7, 11) is 0. The molecule has 3 atom stereocenters. The first kappa shape index (κ1) is 58.1. The van der Waals surface area contributed by atoms with Crippen LogP contribution in [0.3, 0.4) is 0 Å². The molecule has 0 rings (SSSR count). The molecule has 0 heterocycles. The number of ether oxygens (including phenoxy) is 1. The van der Waals surface area contributed by atoms with E-state index in [1.54, 1.807) is 0 Å². The number of aliphatic hydroxyl groups excluding tert-OH is 2. The van der Waals surface area contributed by atoms with Gasteiger partial charge in [0.25, 0.3) is 0 Å². The Morgan fingerprint density at radius 1 is 0.483 bits per heavy atom. The molecule has 0 aromatic rings. The molecule has 1 amide bonds. The maximum Gasteiger partial charge on any atom is 0.306 e. The second kappa shape index (κ2) is 48.1. The number of carbonyl (C=O) groups is 2. The lowest BCUT2D eigenvalue weighted by Crippen LogP contribution is -2.46. The first-order chi connectivity index (χ1) is 29.5. The molecule has 0 radical (unpaired) electrons. The van der Waals surface area contributed by atoms with Gasteiger partial charge >= 0.3 is 5.97 Å². The van der Waals surface area contributed by atoms with Crippen molar-refractivity contribution in [1.29, 1.82) is 0 Å². The van der Waals surface area contributed by atoms with E-state index in [1.165, 1.54) is 141 Å². The number of esters is 1. The number of unbranched alkanes of at least 4 members (excludes halogenated alkanes) is 30. The van der Waals surface area contributed by atoms with Gasteiger partial charge in [0.1, 0.15) is 6.10 Å². The van der Waals surface area contributed by atoms with Crippen LogP contribution in [0.15, 0.2) is 36.5 Å². The summed E-state index contributed by atoms with van der Waals surface area (Å²) in [5, 5.41) is 23.8. The van der Waals surface area contributed by atoms with Crippen LogP contribution in [0.4, 0.5) is 0 Å². The van der Waals surface area contributed by atoms with Crippen LogP contribution in [-0.2, 0) is 14.3 Å². The van der Waals surface area contributed by atoms with E-state index in [4.69, 9.17) is 4.74 Å². The first-order valence-electron chi connectivity index (χ1n) is 26.2. The van der Waals surface area contributed by atoms with E-state index in [0.717, 1.165) is 83.5 Å². The number of carbonyl (C=O) groups excluding carboxylic acids is 2. The lowest BCUT2D eigenvalue weighted by molar-refractivity contribution is -0.151. The van der Waals surface area contributed by atoms with Crippen molar-refractivity contribution < 1.29 is 24.5 Å². The molecule has 0 aliphatic carbocycles. The highest BCUT2D eigenvalue weighted by molar-refractivity contribution is 5.77. The van der Waals surface area contributed by atoms with Gasteiger partial charge in [-0.1, -0.05) is 218 Å². The van der Waals surface area contributed by atoms with E-state index >= 15 is 0 Å². The Morgan fingerprint density at radius 3 is 1.32 bits per heavy atom. The molecule has 0 fully saturated rings. The van der Waals surface area contributed by atoms with E-state index in [9.17, 15) is 19.8 Å². The van der Waals surface area contributed by atoms with Gasteiger partial charge in [-0.3, -0.25) is 9.59 Å². The summed E-state index contributed by atoms with van der Waals surface area (Å²) in [6.07, 6.45) is 56.3. The maximum absolute atomic E-state index is 13.2.